The molecule has 3 rings (SSSR count). The molecule has 8 nitrogen and oxygen atoms in total. The highest BCUT2D eigenvalue weighted by molar-refractivity contribution is 6.07. The van der Waals surface area contributed by atoms with Crippen LogP contribution in [0.1, 0.15) is 16.1 Å². The van der Waals surface area contributed by atoms with Crippen LogP contribution in [-0.4, -0.2) is 43.2 Å². The van der Waals surface area contributed by atoms with E-state index in [2.05, 4.69) is 15.4 Å². The van der Waals surface area contributed by atoms with Crippen molar-refractivity contribution in [3.8, 4) is 5.75 Å². The minimum atomic E-state index is -4.60. The smallest absolute Gasteiger partial charge is 0.416 e. The van der Waals surface area contributed by atoms with Gasteiger partial charge >= 0.3 is 12.1 Å². The van der Waals surface area contributed by atoms with Crippen molar-refractivity contribution in [2.45, 2.75) is 6.18 Å². The molecular formula is C14H9F3N4O4. The fourth-order valence-electron chi connectivity index (χ4n) is 2.37. The lowest BCUT2D eigenvalue weighted by Crippen LogP contribution is -2.31. The Morgan fingerprint density at radius 1 is 1.24 bits per heavy atom. The SMILES string of the molecule is O=C(O)CNC(=O)c1c(O)c2ccc(C(F)(F)F)cc2c2ncnn12. The monoisotopic (exact) mass is 354 g/mol. The number of carbonyl (C=O) groups is 2. The van der Waals surface area contributed by atoms with Crippen molar-refractivity contribution < 1.29 is 33.0 Å². The van der Waals surface area contributed by atoms with Gasteiger partial charge in [0.1, 0.15) is 12.9 Å². The van der Waals surface area contributed by atoms with E-state index in [9.17, 15) is 27.9 Å². The molecule has 3 aromatic rings. The second-order valence-electron chi connectivity index (χ2n) is 5.03. The Bertz CT molecular complexity index is 1010. The number of carboxylic acid groups (broad SMARTS) is 1. The highest BCUT2D eigenvalue weighted by Gasteiger charge is 2.31. The van der Waals surface area contributed by atoms with Gasteiger partial charge in [-0.1, -0.05) is 0 Å². The molecular weight excluding hydrogens is 345 g/mol. The summed E-state index contributed by atoms with van der Waals surface area (Å²) in [5.41, 5.74) is -1.47. The van der Waals surface area contributed by atoms with Crippen LogP contribution < -0.4 is 5.32 Å². The predicted molar refractivity (Wildman–Crippen MR) is 77.1 cm³/mol. The fraction of sp³-hybridized carbons (Fsp3) is 0.143. The molecule has 0 atom stereocenters. The maximum atomic E-state index is 12.9. The number of alkyl halides is 3. The van der Waals surface area contributed by atoms with Gasteiger partial charge in [-0.25, -0.2) is 9.50 Å². The molecule has 2 aromatic heterocycles. The van der Waals surface area contributed by atoms with Crippen molar-refractivity contribution in [1.29, 1.82) is 0 Å². The van der Waals surface area contributed by atoms with Crippen LogP contribution in [0.3, 0.4) is 0 Å². The number of carboxylic acids is 1. The highest BCUT2D eigenvalue weighted by atomic mass is 19.4. The Morgan fingerprint density at radius 3 is 2.60 bits per heavy atom. The first-order valence-electron chi connectivity index (χ1n) is 6.75. The third-order valence-electron chi connectivity index (χ3n) is 3.44. The number of aliphatic carboxylic acids is 1. The summed E-state index contributed by atoms with van der Waals surface area (Å²) in [5, 5.41) is 24.6. The number of fused-ring (bicyclic) bond motifs is 3. The summed E-state index contributed by atoms with van der Waals surface area (Å²) in [4.78, 5) is 26.5. The van der Waals surface area contributed by atoms with Crippen molar-refractivity contribution >= 4 is 28.3 Å². The van der Waals surface area contributed by atoms with Gasteiger partial charge in [0.15, 0.2) is 17.1 Å². The number of carbonyl (C=O) groups excluding carboxylic acids is 1. The van der Waals surface area contributed by atoms with E-state index in [1.807, 2.05) is 0 Å². The van der Waals surface area contributed by atoms with E-state index in [0.717, 1.165) is 29.0 Å². The fourth-order valence-corrected chi connectivity index (χ4v) is 2.37. The van der Waals surface area contributed by atoms with Crippen LogP contribution in [-0.2, 0) is 11.0 Å². The lowest BCUT2D eigenvalue weighted by Gasteiger charge is -2.12. The van der Waals surface area contributed by atoms with E-state index >= 15 is 0 Å². The van der Waals surface area contributed by atoms with Crippen LogP contribution in [0, 0.1) is 0 Å². The van der Waals surface area contributed by atoms with Crippen LogP contribution in [0.25, 0.3) is 16.4 Å². The molecule has 2 heterocycles. The molecule has 0 saturated heterocycles. The lowest BCUT2D eigenvalue weighted by molar-refractivity contribution is -0.137. The Morgan fingerprint density at radius 2 is 1.96 bits per heavy atom. The second-order valence-corrected chi connectivity index (χ2v) is 5.03. The molecule has 0 aliphatic rings. The standard InChI is InChI=1S/C14H9F3N4O4/c15-14(16,17)6-1-2-7-8(3-6)12-19-5-20-21(12)10(11(7)24)13(25)18-4-9(22)23/h1-3,5,24H,4H2,(H,18,25)(H,22,23). The molecule has 0 saturated carbocycles. The van der Waals surface area contributed by atoms with Gasteiger partial charge in [-0.15, -0.1) is 0 Å². The highest BCUT2D eigenvalue weighted by Crippen LogP contribution is 2.36. The molecule has 130 valence electrons. The first-order chi connectivity index (χ1) is 11.7. The van der Waals surface area contributed by atoms with Crippen molar-refractivity contribution in [1.82, 2.24) is 19.9 Å². The topological polar surface area (TPSA) is 117 Å². The first-order valence-corrected chi connectivity index (χ1v) is 6.75. The van der Waals surface area contributed by atoms with Crippen LogP contribution in [0.2, 0.25) is 0 Å². The summed E-state index contributed by atoms with van der Waals surface area (Å²) < 4.78 is 39.6. The zero-order valence-corrected chi connectivity index (χ0v) is 12.2. The molecule has 1 amide bonds. The number of aromatic hydroxyl groups is 1. The minimum absolute atomic E-state index is 0.0472. The molecule has 25 heavy (non-hydrogen) atoms. The third kappa shape index (κ3) is 2.79. The van der Waals surface area contributed by atoms with E-state index in [-0.39, 0.29) is 16.4 Å². The molecule has 0 aliphatic heterocycles. The van der Waals surface area contributed by atoms with Gasteiger partial charge in [0.2, 0.25) is 0 Å². The predicted octanol–water partition coefficient (Wildman–Crippen LogP) is 1.42. The van der Waals surface area contributed by atoms with E-state index in [1.165, 1.54) is 0 Å². The number of amides is 1. The molecule has 0 spiro atoms. The Hall–Kier alpha value is -3.37. The number of hydrogen-bond donors (Lipinski definition) is 3. The van der Waals surface area contributed by atoms with Gasteiger partial charge in [0.25, 0.3) is 5.91 Å². The average Bonchev–Trinajstić information content (AvgIpc) is 3.01. The Labute approximate surface area is 136 Å². The summed E-state index contributed by atoms with van der Waals surface area (Å²) in [5.74, 6) is -2.90. The van der Waals surface area contributed by atoms with E-state index < -0.39 is 41.6 Å². The lowest BCUT2D eigenvalue weighted by atomic mass is 10.1. The van der Waals surface area contributed by atoms with Gasteiger partial charge in [-0.2, -0.15) is 18.3 Å². The molecule has 0 aliphatic carbocycles. The number of benzene rings is 1. The number of halogens is 3. The van der Waals surface area contributed by atoms with E-state index in [1.54, 1.807) is 0 Å². The number of hydrogen-bond acceptors (Lipinski definition) is 5. The molecule has 1 aromatic carbocycles. The van der Waals surface area contributed by atoms with Crippen molar-refractivity contribution in [3.63, 3.8) is 0 Å². The maximum Gasteiger partial charge on any atom is 0.416 e. The zero-order valence-electron chi connectivity index (χ0n) is 12.2. The van der Waals surface area contributed by atoms with E-state index in [0.29, 0.717) is 0 Å². The third-order valence-corrected chi connectivity index (χ3v) is 3.44. The molecule has 0 unspecified atom stereocenters. The van der Waals surface area contributed by atoms with E-state index in [4.69, 9.17) is 5.11 Å². The normalized spacial score (nSPS) is 11.8. The average molecular weight is 354 g/mol. The summed E-state index contributed by atoms with van der Waals surface area (Å²) in [6, 6.07) is 2.56. The second kappa shape index (κ2) is 5.61. The summed E-state index contributed by atoms with van der Waals surface area (Å²) in [6.45, 7) is -0.709. The van der Waals surface area contributed by atoms with Crippen LogP contribution in [0.5, 0.6) is 5.75 Å². The molecule has 3 N–H and O–H groups in total. The summed E-state index contributed by atoms with van der Waals surface area (Å²) in [6.07, 6.45) is -3.60. The molecule has 11 heteroatoms. The van der Waals surface area contributed by atoms with Gasteiger partial charge in [-0.05, 0) is 18.2 Å². The van der Waals surface area contributed by atoms with Gasteiger partial charge < -0.3 is 15.5 Å². The van der Waals surface area contributed by atoms with Crippen molar-refractivity contribution in [3.05, 3.63) is 35.8 Å². The number of aromatic nitrogens is 3. The molecule has 0 fully saturated rings. The summed E-state index contributed by atoms with van der Waals surface area (Å²) >= 11 is 0. The molecule has 0 radical (unpaired) electrons. The zero-order chi connectivity index (χ0) is 18.4. The quantitative estimate of drug-likeness (QED) is 0.655. The number of nitrogens with one attached hydrogen (secondary N) is 1. The Balaban J connectivity index is 2.26. The van der Waals surface area contributed by atoms with Gasteiger partial charge in [0.05, 0.1) is 5.56 Å². The van der Waals surface area contributed by atoms with Crippen molar-refractivity contribution in [2.24, 2.45) is 0 Å². The number of nitrogens with zero attached hydrogens (tertiary/aromatic N) is 3. The van der Waals surface area contributed by atoms with Crippen LogP contribution >= 0.6 is 0 Å². The number of rotatable bonds is 3. The van der Waals surface area contributed by atoms with Gasteiger partial charge in [-0.3, -0.25) is 9.59 Å². The summed E-state index contributed by atoms with van der Waals surface area (Å²) in [7, 11) is 0. The number of pyridine rings is 1. The molecule has 0 bridgehead atoms. The van der Waals surface area contributed by atoms with Crippen LogP contribution in [0.4, 0.5) is 13.2 Å². The maximum absolute atomic E-state index is 12.9. The minimum Gasteiger partial charge on any atom is -0.505 e. The largest absolute Gasteiger partial charge is 0.505 e. The van der Waals surface area contributed by atoms with Crippen LogP contribution in [0.15, 0.2) is 24.5 Å². The van der Waals surface area contributed by atoms with Crippen molar-refractivity contribution in [2.75, 3.05) is 6.54 Å². The first kappa shape index (κ1) is 16.5. The Kier molecular flexibility index (Phi) is 3.70. The van der Waals surface area contributed by atoms with Gasteiger partial charge in [0, 0.05) is 10.8 Å².